The van der Waals surface area contributed by atoms with Crippen molar-refractivity contribution >= 4 is 11.8 Å². The summed E-state index contributed by atoms with van der Waals surface area (Å²) in [5.41, 5.74) is 10.1. The molecule has 4 rings (SSSR count). The molecular weight excluding hydrogens is 342 g/mol. The second-order valence-electron chi connectivity index (χ2n) is 6.28. The highest BCUT2D eigenvalue weighted by Crippen LogP contribution is 2.37. The normalized spacial score (nSPS) is 11.7. The van der Waals surface area contributed by atoms with E-state index in [1.54, 1.807) is 42.7 Å². The topological polar surface area (TPSA) is 94.3 Å². The van der Waals surface area contributed by atoms with Crippen LogP contribution in [0.4, 0.5) is 0 Å². The minimum atomic E-state index is -0.495. The summed E-state index contributed by atoms with van der Waals surface area (Å²) in [6.07, 6.45) is 3.54. The number of rotatable bonds is 4. The van der Waals surface area contributed by atoms with Gasteiger partial charge in [0.05, 0.1) is 0 Å². The Morgan fingerprint density at radius 1 is 1.07 bits per heavy atom. The minimum absolute atomic E-state index is 0.216. The lowest BCUT2D eigenvalue weighted by Gasteiger charge is -2.20. The number of ether oxygens (including phenoxy) is 1. The Kier molecular flexibility index (Phi) is 4.30. The summed E-state index contributed by atoms with van der Waals surface area (Å²) >= 11 is 0. The highest BCUT2D eigenvalue weighted by atomic mass is 16.5. The van der Waals surface area contributed by atoms with Crippen LogP contribution in [0.2, 0.25) is 0 Å². The number of carbonyl (C=O) groups excluding carboxylic acids is 2. The lowest BCUT2D eigenvalue weighted by molar-refractivity contribution is 0.0949. The van der Waals surface area contributed by atoms with Gasteiger partial charge in [-0.05, 0) is 47.5 Å². The summed E-state index contributed by atoms with van der Waals surface area (Å²) in [4.78, 5) is 27.9. The van der Waals surface area contributed by atoms with E-state index in [1.807, 2.05) is 18.2 Å². The van der Waals surface area contributed by atoms with E-state index in [2.05, 4.69) is 10.3 Å². The zero-order valence-electron chi connectivity index (χ0n) is 14.4. The molecule has 0 spiro atoms. The standard InChI is InChI=1S/C21H17N3O3/c22-20(25)14-3-1-2-13(8-14)10-24-21(26)15-4-5-18-17-6-7-23-11-16(17)12-27-19(18)9-15/h1-9,11H,10,12H2,(H2,22,25)(H,24,26). The van der Waals surface area contributed by atoms with Crippen LogP contribution >= 0.6 is 0 Å². The van der Waals surface area contributed by atoms with Crippen LogP contribution in [-0.2, 0) is 13.2 Å². The quantitative estimate of drug-likeness (QED) is 0.749. The number of nitrogens with one attached hydrogen (secondary N) is 1. The van der Waals surface area contributed by atoms with Gasteiger partial charge < -0.3 is 15.8 Å². The molecule has 0 aliphatic carbocycles. The molecule has 0 saturated heterocycles. The van der Waals surface area contributed by atoms with E-state index in [4.69, 9.17) is 10.5 Å². The van der Waals surface area contributed by atoms with E-state index in [0.717, 1.165) is 22.3 Å². The maximum atomic E-state index is 12.5. The third-order valence-electron chi connectivity index (χ3n) is 4.49. The van der Waals surface area contributed by atoms with E-state index in [9.17, 15) is 9.59 Å². The molecule has 3 aromatic rings. The number of carbonyl (C=O) groups is 2. The predicted octanol–water partition coefficient (Wildman–Crippen LogP) is 2.67. The van der Waals surface area contributed by atoms with Crippen molar-refractivity contribution in [2.45, 2.75) is 13.2 Å². The van der Waals surface area contributed by atoms with Crippen LogP contribution in [0.3, 0.4) is 0 Å². The van der Waals surface area contributed by atoms with Crippen LogP contribution in [0.15, 0.2) is 60.9 Å². The van der Waals surface area contributed by atoms with Crippen LogP contribution in [0.25, 0.3) is 11.1 Å². The zero-order chi connectivity index (χ0) is 18.8. The van der Waals surface area contributed by atoms with Crippen LogP contribution in [0, 0.1) is 0 Å². The van der Waals surface area contributed by atoms with E-state index in [-0.39, 0.29) is 5.91 Å². The summed E-state index contributed by atoms with van der Waals surface area (Å²) in [7, 11) is 0. The molecule has 6 nitrogen and oxygen atoms in total. The van der Waals surface area contributed by atoms with Gasteiger partial charge in [0.15, 0.2) is 0 Å². The molecule has 6 heteroatoms. The summed E-state index contributed by atoms with van der Waals surface area (Å²) in [6, 6.07) is 14.2. The Bertz CT molecular complexity index is 1050. The number of aromatic nitrogens is 1. The second kappa shape index (κ2) is 6.92. The molecule has 27 heavy (non-hydrogen) atoms. The van der Waals surface area contributed by atoms with Crippen LogP contribution in [-0.4, -0.2) is 16.8 Å². The minimum Gasteiger partial charge on any atom is -0.488 e. The first-order valence-electron chi connectivity index (χ1n) is 8.49. The fraction of sp³-hybridized carbons (Fsp3) is 0.0952. The van der Waals surface area contributed by atoms with Gasteiger partial charge in [-0.15, -0.1) is 0 Å². The molecule has 2 amide bonds. The average Bonchev–Trinajstić information content (AvgIpc) is 2.71. The van der Waals surface area contributed by atoms with Gasteiger partial charge in [-0.3, -0.25) is 14.6 Å². The number of hydrogen-bond acceptors (Lipinski definition) is 4. The van der Waals surface area contributed by atoms with Crippen molar-refractivity contribution in [2.75, 3.05) is 0 Å². The maximum Gasteiger partial charge on any atom is 0.251 e. The molecule has 0 fully saturated rings. The first-order chi connectivity index (χ1) is 13.1. The second-order valence-corrected chi connectivity index (χ2v) is 6.28. The molecule has 0 unspecified atom stereocenters. The molecule has 1 aliphatic rings. The molecule has 3 N–H and O–H groups in total. The van der Waals surface area contributed by atoms with Crippen molar-refractivity contribution in [3.8, 4) is 16.9 Å². The number of nitrogens with zero attached hydrogens (tertiary/aromatic N) is 1. The van der Waals surface area contributed by atoms with Gasteiger partial charge in [-0.25, -0.2) is 0 Å². The molecule has 2 aromatic carbocycles. The number of hydrogen-bond donors (Lipinski definition) is 2. The third kappa shape index (κ3) is 3.37. The molecule has 1 aliphatic heterocycles. The number of fused-ring (bicyclic) bond motifs is 3. The first kappa shape index (κ1) is 16.8. The van der Waals surface area contributed by atoms with Crippen molar-refractivity contribution in [3.05, 3.63) is 83.2 Å². The molecule has 0 bridgehead atoms. The van der Waals surface area contributed by atoms with Crippen molar-refractivity contribution in [3.63, 3.8) is 0 Å². The Hall–Kier alpha value is -3.67. The third-order valence-corrected chi connectivity index (χ3v) is 4.49. The predicted molar refractivity (Wildman–Crippen MR) is 100 cm³/mol. The van der Waals surface area contributed by atoms with E-state index >= 15 is 0 Å². The van der Waals surface area contributed by atoms with Crippen molar-refractivity contribution < 1.29 is 14.3 Å². The van der Waals surface area contributed by atoms with Crippen LogP contribution in [0.1, 0.15) is 31.8 Å². The number of nitrogens with two attached hydrogens (primary N) is 1. The monoisotopic (exact) mass is 359 g/mol. The van der Waals surface area contributed by atoms with Crippen molar-refractivity contribution in [1.29, 1.82) is 0 Å². The van der Waals surface area contributed by atoms with Gasteiger partial charge in [0.25, 0.3) is 5.91 Å². The molecule has 0 atom stereocenters. The Labute approximate surface area is 156 Å². The fourth-order valence-electron chi connectivity index (χ4n) is 3.08. The molecule has 1 aromatic heterocycles. The first-order valence-corrected chi connectivity index (χ1v) is 8.49. The smallest absolute Gasteiger partial charge is 0.251 e. The lowest BCUT2D eigenvalue weighted by atomic mass is 9.97. The van der Waals surface area contributed by atoms with Gasteiger partial charge in [-0.2, -0.15) is 0 Å². The summed E-state index contributed by atoms with van der Waals surface area (Å²) in [5.74, 6) is -0.0334. The lowest BCUT2D eigenvalue weighted by Crippen LogP contribution is -2.23. The van der Waals surface area contributed by atoms with E-state index < -0.39 is 5.91 Å². The highest BCUT2D eigenvalue weighted by Gasteiger charge is 2.19. The largest absolute Gasteiger partial charge is 0.488 e. The van der Waals surface area contributed by atoms with Crippen LogP contribution < -0.4 is 15.8 Å². The Morgan fingerprint density at radius 2 is 1.96 bits per heavy atom. The van der Waals surface area contributed by atoms with Crippen molar-refractivity contribution in [2.24, 2.45) is 5.73 Å². The van der Waals surface area contributed by atoms with Crippen LogP contribution in [0.5, 0.6) is 5.75 Å². The van der Waals surface area contributed by atoms with Gasteiger partial charge in [0.2, 0.25) is 5.91 Å². The zero-order valence-corrected chi connectivity index (χ0v) is 14.4. The summed E-state index contributed by atoms with van der Waals surface area (Å²) in [6.45, 7) is 0.730. The summed E-state index contributed by atoms with van der Waals surface area (Å²) in [5, 5.41) is 2.85. The SMILES string of the molecule is NC(=O)c1cccc(CNC(=O)c2ccc3c(c2)OCc2cnccc2-3)c1. The number of pyridine rings is 1. The number of primary amides is 1. The molecule has 2 heterocycles. The molecule has 0 saturated carbocycles. The highest BCUT2D eigenvalue weighted by molar-refractivity contribution is 5.96. The maximum absolute atomic E-state index is 12.5. The number of benzene rings is 2. The number of amides is 2. The van der Waals surface area contributed by atoms with E-state index in [0.29, 0.717) is 30.0 Å². The van der Waals surface area contributed by atoms with Gasteiger partial charge in [-0.1, -0.05) is 12.1 Å². The van der Waals surface area contributed by atoms with E-state index in [1.165, 1.54) is 0 Å². The molecule has 0 radical (unpaired) electrons. The average molecular weight is 359 g/mol. The van der Waals surface area contributed by atoms with Gasteiger partial charge in [0, 0.05) is 41.2 Å². The van der Waals surface area contributed by atoms with Gasteiger partial charge >= 0.3 is 0 Å². The van der Waals surface area contributed by atoms with Gasteiger partial charge in [0.1, 0.15) is 12.4 Å². The fourth-order valence-corrected chi connectivity index (χ4v) is 3.08. The Balaban J connectivity index is 1.51. The van der Waals surface area contributed by atoms with Crippen molar-refractivity contribution in [1.82, 2.24) is 10.3 Å². The molecular formula is C21H17N3O3. The molecule has 134 valence electrons. The summed E-state index contributed by atoms with van der Waals surface area (Å²) < 4.78 is 5.77. The Morgan fingerprint density at radius 3 is 2.81 bits per heavy atom.